The highest BCUT2D eigenvalue weighted by Gasteiger charge is 2.21. The first-order valence-electron chi connectivity index (χ1n) is 11.1. The number of hydrogen-bond acceptors (Lipinski definition) is 7. The Bertz CT molecular complexity index is 1710. The smallest absolute Gasteiger partial charge is 0.294 e. The molecule has 12 heteroatoms. The number of phenolic OH excluding ortho intramolecular Hbond substituents is 1. The summed E-state index contributed by atoms with van der Waals surface area (Å²) < 4.78 is 38.0. The minimum absolute atomic E-state index is 0.00832. The lowest BCUT2D eigenvalue weighted by Crippen LogP contribution is -2.12. The number of aromatic hydroxyl groups is 1. The lowest BCUT2D eigenvalue weighted by molar-refractivity contribution is 0.102. The molecule has 0 aliphatic rings. The number of benzene rings is 4. The van der Waals surface area contributed by atoms with Gasteiger partial charge in [0.2, 0.25) is 0 Å². The number of methoxy groups -OCH3 is 1. The molecule has 0 aromatic heterocycles. The van der Waals surface area contributed by atoms with E-state index in [9.17, 15) is 22.9 Å². The van der Waals surface area contributed by atoms with Crippen molar-refractivity contribution < 1.29 is 27.6 Å². The number of nitrogens with zero attached hydrogens (tertiary/aromatic N) is 2. The topological polar surface area (TPSA) is 138 Å². The van der Waals surface area contributed by atoms with E-state index < -0.39 is 21.8 Å². The molecule has 9 nitrogen and oxygen atoms in total. The van der Waals surface area contributed by atoms with Crippen LogP contribution in [0, 0.1) is 0 Å². The van der Waals surface area contributed by atoms with Gasteiger partial charge in [0.15, 0.2) is 5.75 Å². The number of carbonyl (C=O) groups excluding carboxylic acids is 1. The first kappa shape index (κ1) is 27.3. The monoisotopic (exact) mass is 573 g/mol. The Morgan fingerprint density at radius 1 is 1.05 bits per heavy atom. The van der Waals surface area contributed by atoms with Crippen LogP contribution in [0.25, 0.3) is 10.8 Å². The molecule has 38 heavy (non-hydrogen) atoms. The lowest BCUT2D eigenvalue weighted by atomic mass is 10.0. The van der Waals surface area contributed by atoms with Crippen molar-refractivity contribution in [2.24, 2.45) is 10.2 Å². The Morgan fingerprint density at radius 3 is 2.45 bits per heavy atom. The molecule has 4 aromatic rings. The third-order valence-corrected chi connectivity index (χ3v) is 7.37. The average Bonchev–Trinajstić information content (AvgIpc) is 2.87. The fourth-order valence-electron chi connectivity index (χ4n) is 3.88. The predicted molar refractivity (Wildman–Crippen MR) is 146 cm³/mol. The third-order valence-electron chi connectivity index (χ3n) is 5.72. The number of hydrogen-bond donors (Lipinski definition) is 3. The average molecular weight is 574 g/mol. The number of rotatable bonds is 7. The second-order valence-corrected chi connectivity index (χ2v) is 10.2. The molecular formula is C26H21Cl2N3O6S. The molecule has 0 radical (unpaired) electrons. The molecule has 0 atom stereocenters. The van der Waals surface area contributed by atoms with E-state index in [1.165, 1.54) is 31.4 Å². The number of nitrogens with one attached hydrogen (secondary N) is 1. The van der Waals surface area contributed by atoms with Crippen molar-refractivity contribution in [1.82, 2.24) is 0 Å². The summed E-state index contributed by atoms with van der Waals surface area (Å²) in [7, 11) is -3.02. The molecule has 0 spiro atoms. The summed E-state index contributed by atoms with van der Waals surface area (Å²) in [5.74, 6) is -0.601. The number of halogens is 2. The first-order chi connectivity index (χ1) is 18.0. The van der Waals surface area contributed by atoms with E-state index in [0.717, 1.165) is 0 Å². The van der Waals surface area contributed by atoms with E-state index in [2.05, 4.69) is 15.5 Å². The third kappa shape index (κ3) is 5.44. The Morgan fingerprint density at radius 2 is 1.79 bits per heavy atom. The van der Waals surface area contributed by atoms with Gasteiger partial charge in [0.1, 0.15) is 17.1 Å². The van der Waals surface area contributed by atoms with Crippen LogP contribution in [0.1, 0.15) is 22.8 Å². The van der Waals surface area contributed by atoms with Crippen molar-refractivity contribution in [3.05, 3.63) is 81.8 Å². The molecule has 0 bridgehead atoms. The minimum atomic E-state index is -4.49. The van der Waals surface area contributed by atoms with E-state index in [1.807, 2.05) is 0 Å². The molecule has 1 amide bonds. The van der Waals surface area contributed by atoms with E-state index in [1.54, 1.807) is 43.3 Å². The summed E-state index contributed by atoms with van der Waals surface area (Å²) in [4.78, 5) is 12.8. The Kier molecular flexibility index (Phi) is 7.89. The molecule has 0 aliphatic carbocycles. The zero-order chi connectivity index (χ0) is 27.6. The summed E-state index contributed by atoms with van der Waals surface area (Å²) in [6, 6.07) is 15.7. The molecule has 3 N–H and O–H groups in total. The first-order valence-corrected chi connectivity index (χ1v) is 13.3. The van der Waals surface area contributed by atoms with E-state index in [4.69, 9.17) is 27.9 Å². The lowest BCUT2D eigenvalue weighted by Gasteiger charge is -2.12. The van der Waals surface area contributed by atoms with E-state index in [-0.39, 0.29) is 38.8 Å². The van der Waals surface area contributed by atoms with Gasteiger partial charge in [-0.25, -0.2) is 0 Å². The van der Waals surface area contributed by atoms with Crippen LogP contribution in [-0.4, -0.2) is 31.1 Å². The quantitative estimate of drug-likeness (QED) is 0.156. The van der Waals surface area contributed by atoms with Crippen molar-refractivity contribution in [2.75, 3.05) is 12.4 Å². The second kappa shape index (κ2) is 11.0. The maximum Gasteiger partial charge on any atom is 0.294 e. The van der Waals surface area contributed by atoms with Gasteiger partial charge >= 0.3 is 0 Å². The maximum atomic E-state index is 13.1. The van der Waals surface area contributed by atoms with Crippen LogP contribution in [0.15, 0.2) is 75.8 Å². The normalized spacial score (nSPS) is 11.7. The number of azo groups is 1. The SMILES string of the molecule is CCc1c(S(=O)(=O)O)ccc(N=Nc2c(O)c(C(=O)Nc3ccc(OC)c(Cl)c3)cc3ccccc23)c1Cl. The van der Waals surface area contributed by atoms with Gasteiger partial charge in [-0.15, -0.1) is 10.2 Å². The fraction of sp³-hybridized carbons (Fsp3) is 0.115. The van der Waals surface area contributed by atoms with Gasteiger partial charge in [-0.3, -0.25) is 9.35 Å². The molecule has 0 fully saturated rings. The maximum absolute atomic E-state index is 13.1. The van der Waals surface area contributed by atoms with Crippen LogP contribution >= 0.6 is 23.2 Å². The summed E-state index contributed by atoms with van der Waals surface area (Å²) in [5, 5.41) is 23.5. The van der Waals surface area contributed by atoms with Gasteiger partial charge < -0.3 is 15.2 Å². The summed E-state index contributed by atoms with van der Waals surface area (Å²) in [6.45, 7) is 1.67. The van der Waals surface area contributed by atoms with E-state index >= 15 is 0 Å². The van der Waals surface area contributed by atoms with Crippen LogP contribution in [0.5, 0.6) is 11.5 Å². The van der Waals surface area contributed by atoms with Crippen molar-refractivity contribution in [2.45, 2.75) is 18.2 Å². The molecule has 4 rings (SSSR count). The number of carbonyl (C=O) groups is 1. The fourth-order valence-corrected chi connectivity index (χ4v) is 5.33. The van der Waals surface area contributed by atoms with Crippen molar-refractivity contribution in [3.63, 3.8) is 0 Å². The highest BCUT2D eigenvalue weighted by Crippen LogP contribution is 2.41. The molecule has 196 valence electrons. The summed E-state index contributed by atoms with van der Waals surface area (Å²) >= 11 is 12.5. The molecule has 0 aliphatic heterocycles. The second-order valence-electron chi connectivity index (χ2n) is 8.05. The van der Waals surface area contributed by atoms with Crippen molar-refractivity contribution in [1.29, 1.82) is 0 Å². The van der Waals surface area contributed by atoms with Gasteiger partial charge in [-0.1, -0.05) is 54.4 Å². The summed E-state index contributed by atoms with van der Waals surface area (Å²) in [5.41, 5.74) is 0.614. The molecule has 4 aromatic carbocycles. The number of amides is 1. The van der Waals surface area contributed by atoms with E-state index in [0.29, 0.717) is 27.2 Å². The van der Waals surface area contributed by atoms with Gasteiger partial charge in [0, 0.05) is 11.1 Å². The minimum Gasteiger partial charge on any atom is -0.505 e. The van der Waals surface area contributed by atoms with Gasteiger partial charge in [-0.2, -0.15) is 8.42 Å². The largest absolute Gasteiger partial charge is 0.505 e. The summed E-state index contributed by atoms with van der Waals surface area (Å²) in [6.07, 6.45) is 0.205. The number of anilines is 1. The molecule has 0 heterocycles. The predicted octanol–water partition coefficient (Wildman–Crippen LogP) is 7.34. The van der Waals surface area contributed by atoms with Crippen LogP contribution in [0.3, 0.4) is 0 Å². The van der Waals surface area contributed by atoms with Crippen LogP contribution in [0.2, 0.25) is 10.0 Å². The molecule has 0 saturated heterocycles. The van der Waals surface area contributed by atoms with Crippen LogP contribution < -0.4 is 10.1 Å². The highest BCUT2D eigenvalue weighted by molar-refractivity contribution is 7.85. The molecule has 0 saturated carbocycles. The standard InChI is InChI=1S/C26H21Cl2N3O6S/c1-3-16-22(38(34,35)36)11-9-20(23(16)28)30-31-24-17-7-5-4-6-14(17)12-18(25(24)32)26(33)29-15-8-10-21(37-2)19(27)13-15/h4-13,32H,3H2,1-2H3,(H,29,33)(H,34,35,36). The van der Waals surface area contributed by atoms with Crippen molar-refractivity contribution >= 4 is 67.1 Å². The Hall–Kier alpha value is -3.70. The number of fused-ring (bicyclic) bond motifs is 1. The number of phenols is 1. The molecule has 0 unspecified atom stereocenters. The van der Waals surface area contributed by atoms with Gasteiger partial charge in [-0.05, 0) is 53.8 Å². The van der Waals surface area contributed by atoms with Crippen LogP contribution in [-0.2, 0) is 16.5 Å². The highest BCUT2D eigenvalue weighted by atomic mass is 35.5. The number of ether oxygens (including phenoxy) is 1. The van der Waals surface area contributed by atoms with Gasteiger partial charge in [0.25, 0.3) is 16.0 Å². The zero-order valence-corrected chi connectivity index (χ0v) is 22.4. The molecular weight excluding hydrogens is 553 g/mol. The zero-order valence-electron chi connectivity index (χ0n) is 20.1. The van der Waals surface area contributed by atoms with Crippen LogP contribution in [0.4, 0.5) is 17.1 Å². The van der Waals surface area contributed by atoms with Gasteiger partial charge in [0.05, 0.1) is 27.6 Å². The Balaban J connectivity index is 1.78. The Labute approximate surface area is 228 Å². The van der Waals surface area contributed by atoms with Crippen molar-refractivity contribution in [3.8, 4) is 11.5 Å².